The molecule has 5 heteroatoms. The van der Waals surface area contributed by atoms with E-state index >= 15 is 0 Å². The molecule has 4 nitrogen and oxygen atoms in total. The molecular formula is C16H21N3OS. The van der Waals surface area contributed by atoms with E-state index in [9.17, 15) is 0 Å². The van der Waals surface area contributed by atoms with E-state index in [0.29, 0.717) is 6.61 Å². The molecular weight excluding hydrogens is 282 g/mol. The molecule has 0 fully saturated rings. The van der Waals surface area contributed by atoms with Crippen LogP contribution < -0.4 is 4.74 Å². The number of nitrogens with zero attached hydrogens (tertiary/aromatic N) is 3. The number of hydrogen-bond acceptors (Lipinski definition) is 4. The van der Waals surface area contributed by atoms with Gasteiger partial charge in [-0.1, -0.05) is 35.9 Å². The van der Waals surface area contributed by atoms with Crippen LogP contribution in [-0.4, -0.2) is 27.1 Å². The Balaban J connectivity index is 1.49. The summed E-state index contributed by atoms with van der Waals surface area (Å²) in [7, 11) is 0. The minimum Gasteiger partial charge on any atom is -0.493 e. The largest absolute Gasteiger partial charge is 0.493 e. The van der Waals surface area contributed by atoms with Crippen molar-refractivity contribution >= 4 is 11.8 Å². The van der Waals surface area contributed by atoms with Crippen molar-refractivity contribution in [3.8, 4) is 5.75 Å². The van der Waals surface area contributed by atoms with Crippen LogP contribution in [0.4, 0.5) is 0 Å². The molecule has 21 heavy (non-hydrogen) atoms. The van der Waals surface area contributed by atoms with E-state index in [1.54, 1.807) is 11.8 Å². The molecule has 1 aromatic heterocycles. The number of rotatable bonds is 5. The third kappa shape index (κ3) is 3.79. The lowest BCUT2D eigenvalue weighted by atomic mass is 10.2. The predicted octanol–water partition coefficient (Wildman–Crippen LogP) is 3.48. The van der Waals surface area contributed by atoms with Crippen molar-refractivity contribution < 1.29 is 4.74 Å². The molecule has 0 saturated carbocycles. The van der Waals surface area contributed by atoms with E-state index in [0.717, 1.165) is 35.4 Å². The number of ether oxygens (including phenoxy) is 1. The average molecular weight is 303 g/mol. The molecule has 2 heterocycles. The first kappa shape index (κ1) is 14.4. The zero-order chi connectivity index (χ0) is 14.5. The Kier molecular flexibility index (Phi) is 4.80. The molecule has 0 atom stereocenters. The molecule has 112 valence electrons. The summed E-state index contributed by atoms with van der Waals surface area (Å²) in [5, 5.41) is 9.67. The van der Waals surface area contributed by atoms with Crippen LogP contribution in [0.1, 0.15) is 30.7 Å². The summed E-state index contributed by atoms with van der Waals surface area (Å²) in [6.45, 7) is 3.83. The fourth-order valence-corrected chi connectivity index (χ4v) is 3.29. The Morgan fingerprint density at radius 3 is 2.86 bits per heavy atom. The molecule has 0 spiro atoms. The van der Waals surface area contributed by atoms with Crippen molar-refractivity contribution in [1.82, 2.24) is 14.8 Å². The number of fused-ring (bicyclic) bond motifs is 1. The van der Waals surface area contributed by atoms with Gasteiger partial charge in [0.15, 0.2) is 5.16 Å². The second kappa shape index (κ2) is 6.98. The first-order valence-electron chi connectivity index (χ1n) is 7.57. The fourth-order valence-electron chi connectivity index (χ4n) is 2.49. The van der Waals surface area contributed by atoms with Gasteiger partial charge in [0, 0.05) is 18.7 Å². The summed E-state index contributed by atoms with van der Waals surface area (Å²) < 4.78 is 8.03. The van der Waals surface area contributed by atoms with Crippen LogP contribution in [-0.2, 0) is 13.0 Å². The Morgan fingerprint density at radius 2 is 2.00 bits per heavy atom. The average Bonchev–Trinajstić information content (AvgIpc) is 2.73. The monoisotopic (exact) mass is 303 g/mol. The van der Waals surface area contributed by atoms with Crippen LogP contribution in [0.2, 0.25) is 0 Å². The summed E-state index contributed by atoms with van der Waals surface area (Å²) >= 11 is 1.74. The normalized spacial score (nSPS) is 14.5. The van der Waals surface area contributed by atoms with Gasteiger partial charge < -0.3 is 9.30 Å². The molecule has 0 saturated heterocycles. The van der Waals surface area contributed by atoms with Crippen LogP contribution in [0, 0.1) is 6.92 Å². The highest BCUT2D eigenvalue weighted by Crippen LogP contribution is 2.22. The Morgan fingerprint density at radius 1 is 1.14 bits per heavy atom. The van der Waals surface area contributed by atoms with Crippen molar-refractivity contribution in [2.24, 2.45) is 0 Å². The van der Waals surface area contributed by atoms with Crippen molar-refractivity contribution in [3.63, 3.8) is 0 Å². The fraction of sp³-hybridized carbons (Fsp3) is 0.500. The van der Waals surface area contributed by atoms with Gasteiger partial charge >= 0.3 is 0 Å². The van der Waals surface area contributed by atoms with Gasteiger partial charge in [0.1, 0.15) is 11.6 Å². The van der Waals surface area contributed by atoms with Crippen molar-refractivity contribution in [2.75, 3.05) is 12.4 Å². The lowest BCUT2D eigenvalue weighted by Crippen LogP contribution is -2.05. The van der Waals surface area contributed by atoms with E-state index in [1.165, 1.54) is 24.8 Å². The van der Waals surface area contributed by atoms with E-state index in [4.69, 9.17) is 4.74 Å². The maximum absolute atomic E-state index is 5.75. The number of aryl methyl sites for hydroxylation is 2. The molecule has 0 amide bonds. The van der Waals surface area contributed by atoms with Gasteiger partial charge in [-0.3, -0.25) is 0 Å². The zero-order valence-corrected chi connectivity index (χ0v) is 13.2. The summed E-state index contributed by atoms with van der Waals surface area (Å²) in [5.41, 5.74) is 1.25. The van der Waals surface area contributed by atoms with Gasteiger partial charge in [-0.25, -0.2) is 0 Å². The van der Waals surface area contributed by atoms with Crippen LogP contribution in [0.25, 0.3) is 0 Å². The third-order valence-electron chi connectivity index (χ3n) is 3.68. The quantitative estimate of drug-likeness (QED) is 0.626. The SMILES string of the molecule is Cc1ccc(OCCSc2nnc3n2CCCCC3)cc1. The van der Waals surface area contributed by atoms with E-state index in [-0.39, 0.29) is 0 Å². The molecule has 0 N–H and O–H groups in total. The number of hydrogen-bond donors (Lipinski definition) is 0. The Labute approximate surface area is 129 Å². The van der Waals surface area contributed by atoms with Gasteiger partial charge in [-0.2, -0.15) is 0 Å². The molecule has 0 unspecified atom stereocenters. The molecule has 1 aliphatic heterocycles. The molecule has 2 aromatic rings. The number of thioether (sulfide) groups is 1. The van der Waals surface area contributed by atoms with E-state index in [1.807, 2.05) is 12.1 Å². The summed E-state index contributed by atoms with van der Waals surface area (Å²) in [5.74, 6) is 2.97. The minimum absolute atomic E-state index is 0.690. The summed E-state index contributed by atoms with van der Waals surface area (Å²) in [6, 6.07) is 8.17. The predicted molar refractivity (Wildman–Crippen MR) is 85.0 cm³/mol. The maximum atomic E-state index is 5.75. The highest BCUT2D eigenvalue weighted by atomic mass is 32.2. The molecule has 0 aliphatic carbocycles. The molecule has 0 bridgehead atoms. The highest BCUT2D eigenvalue weighted by molar-refractivity contribution is 7.99. The van der Waals surface area contributed by atoms with Gasteiger partial charge in [0.05, 0.1) is 6.61 Å². The molecule has 3 rings (SSSR count). The van der Waals surface area contributed by atoms with Crippen molar-refractivity contribution in [2.45, 2.75) is 44.3 Å². The Bertz CT molecular complexity index is 580. The van der Waals surface area contributed by atoms with Gasteiger partial charge in [0.25, 0.3) is 0 Å². The first-order chi connectivity index (χ1) is 10.3. The zero-order valence-electron chi connectivity index (χ0n) is 12.4. The standard InChI is InChI=1S/C16H21N3OS/c1-13-6-8-14(9-7-13)20-11-12-21-16-18-17-15-5-3-2-4-10-19(15)16/h6-9H,2-5,10-12H2,1H3. The van der Waals surface area contributed by atoms with E-state index in [2.05, 4.69) is 33.8 Å². The van der Waals surface area contributed by atoms with Gasteiger partial charge in [-0.15, -0.1) is 10.2 Å². The smallest absolute Gasteiger partial charge is 0.191 e. The van der Waals surface area contributed by atoms with Crippen LogP contribution in [0.15, 0.2) is 29.4 Å². The van der Waals surface area contributed by atoms with Crippen LogP contribution in [0.3, 0.4) is 0 Å². The van der Waals surface area contributed by atoms with Crippen LogP contribution in [0.5, 0.6) is 5.75 Å². The lowest BCUT2D eigenvalue weighted by Gasteiger charge is -2.08. The highest BCUT2D eigenvalue weighted by Gasteiger charge is 2.14. The second-order valence-electron chi connectivity index (χ2n) is 5.37. The second-order valence-corrected chi connectivity index (χ2v) is 6.43. The maximum Gasteiger partial charge on any atom is 0.191 e. The topological polar surface area (TPSA) is 39.9 Å². The van der Waals surface area contributed by atoms with Gasteiger partial charge in [0.2, 0.25) is 0 Å². The number of aromatic nitrogens is 3. The van der Waals surface area contributed by atoms with Crippen LogP contribution >= 0.6 is 11.8 Å². The summed E-state index contributed by atoms with van der Waals surface area (Å²) in [6.07, 6.45) is 4.83. The van der Waals surface area contributed by atoms with E-state index < -0.39 is 0 Å². The lowest BCUT2D eigenvalue weighted by molar-refractivity contribution is 0.343. The Hall–Kier alpha value is -1.49. The van der Waals surface area contributed by atoms with Gasteiger partial charge in [-0.05, 0) is 31.9 Å². The number of benzene rings is 1. The minimum atomic E-state index is 0.690. The molecule has 1 aromatic carbocycles. The summed E-state index contributed by atoms with van der Waals surface area (Å²) in [4.78, 5) is 0. The third-order valence-corrected chi connectivity index (χ3v) is 4.61. The van der Waals surface area contributed by atoms with Crippen molar-refractivity contribution in [1.29, 1.82) is 0 Å². The first-order valence-corrected chi connectivity index (χ1v) is 8.56. The molecule has 1 aliphatic rings. The molecule has 0 radical (unpaired) electrons. The van der Waals surface area contributed by atoms with Crippen molar-refractivity contribution in [3.05, 3.63) is 35.7 Å².